The van der Waals surface area contributed by atoms with Gasteiger partial charge in [-0.1, -0.05) is 15.9 Å². The van der Waals surface area contributed by atoms with Gasteiger partial charge in [-0.15, -0.1) is 0 Å². The molecule has 2 aromatic heterocycles. The van der Waals surface area contributed by atoms with E-state index in [-0.39, 0.29) is 5.96 Å². The zero-order valence-corrected chi connectivity index (χ0v) is 27.4. The first-order chi connectivity index (χ1) is 20.5. The van der Waals surface area contributed by atoms with E-state index in [1.54, 1.807) is 30.4 Å². The number of benzene rings is 2. The van der Waals surface area contributed by atoms with Crippen LogP contribution in [0.1, 0.15) is 12.5 Å². The average molecular weight is 665 g/mol. The van der Waals surface area contributed by atoms with Gasteiger partial charge in [0.15, 0.2) is 0 Å². The number of rotatable bonds is 7. The van der Waals surface area contributed by atoms with E-state index in [1.165, 1.54) is 0 Å². The number of ether oxygens (including phenoxy) is 1. The number of hydrogen-bond acceptors (Lipinski definition) is 8. The number of halogens is 1. The van der Waals surface area contributed by atoms with Gasteiger partial charge in [-0.25, -0.2) is 4.99 Å². The summed E-state index contributed by atoms with van der Waals surface area (Å²) in [6.07, 6.45) is 7.10. The molecule has 0 spiro atoms. The van der Waals surface area contributed by atoms with Crippen LogP contribution in [-0.4, -0.2) is 72.1 Å². The molecule has 2 aromatic carbocycles. The summed E-state index contributed by atoms with van der Waals surface area (Å²) in [5.41, 5.74) is 7.02. The SMILES string of the molecule is C=N/C(=N\C(Nc1ccc2nccnc2c1P(C)(C)=O)=C(/C)Br)Nc1cc(C)c(N2CCOCC2)c(-c2cnn(C)c2)c1. The molecule has 0 radical (unpaired) electrons. The van der Waals surface area contributed by atoms with Gasteiger partial charge < -0.3 is 24.8 Å². The maximum Gasteiger partial charge on any atom is 0.228 e. The molecule has 0 saturated carbocycles. The predicted octanol–water partition coefficient (Wildman–Crippen LogP) is 5.59. The Morgan fingerprint density at radius 1 is 1.14 bits per heavy atom. The Labute approximate surface area is 259 Å². The van der Waals surface area contributed by atoms with Crippen molar-refractivity contribution in [2.24, 2.45) is 17.0 Å². The van der Waals surface area contributed by atoms with Crippen molar-refractivity contribution < 1.29 is 9.30 Å². The molecule has 0 atom stereocenters. The first kappa shape index (κ1) is 30.6. The molecular weight excluding hydrogens is 629 g/mol. The van der Waals surface area contributed by atoms with Crippen molar-refractivity contribution in [3.8, 4) is 11.1 Å². The van der Waals surface area contributed by atoms with Gasteiger partial charge in [0, 0.05) is 65.7 Å². The Kier molecular flexibility index (Phi) is 9.10. The quantitative estimate of drug-likeness (QED) is 0.149. The molecule has 4 aromatic rings. The lowest BCUT2D eigenvalue weighted by atomic mass is 10.0. The number of aryl methyl sites for hydroxylation is 2. The number of nitrogens with one attached hydrogen (secondary N) is 2. The second kappa shape index (κ2) is 12.8. The van der Waals surface area contributed by atoms with Crippen LogP contribution < -0.4 is 20.8 Å². The van der Waals surface area contributed by atoms with Crippen LogP contribution in [0.5, 0.6) is 0 Å². The summed E-state index contributed by atoms with van der Waals surface area (Å²) < 4.78 is 21.5. The van der Waals surface area contributed by atoms with Crippen LogP contribution in [0.3, 0.4) is 0 Å². The molecule has 1 saturated heterocycles. The van der Waals surface area contributed by atoms with E-state index in [2.05, 4.69) is 77.3 Å². The summed E-state index contributed by atoms with van der Waals surface area (Å²) in [6, 6.07) is 7.85. The Morgan fingerprint density at radius 2 is 1.88 bits per heavy atom. The van der Waals surface area contributed by atoms with Gasteiger partial charge in [-0.3, -0.25) is 14.6 Å². The number of fused-ring (bicyclic) bond motifs is 1. The minimum Gasteiger partial charge on any atom is -0.378 e. The van der Waals surface area contributed by atoms with Crippen LogP contribution in [0, 0.1) is 6.92 Å². The van der Waals surface area contributed by atoms with Crippen molar-refractivity contribution in [1.82, 2.24) is 19.7 Å². The van der Waals surface area contributed by atoms with Gasteiger partial charge in [0.1, 0.15) is 18.5 Å². The Bertz CT molecular complexity index is 1780. The molecule has 0 bridgehead atoms. The highest BCUT2D eigenvalue weighted by Crippen LogP contribution is 2.41. The van der Waals surface area contributed by atoms with Crippen LogP contribution in [0.2, 0.25) is 0 Å². The van der Waals surface area contributed by atoms with Gasteiger partial charge in [0.2, 0.25) is 5.96 Å². The van der Waals surface area contributed by atoms with Crippen LogP contribution in [0.15, 0.2) is 69.3 Å². The van der Waals surface area contributed by atoms with Crippen molar-refractivity contribution >= 4 is 69.1 Å². The lowest BCUT2D eigenvalue weighted by molar-refractivity contribution is 0.122. The molecule has 43 heavy (non-hydrogen) atoms. The zero-order valence-electron chi connectivity index (χ0n) is 24.9. The molecule has 3 heterocycles. The topological polar surface area (TPSA) is 122 Å². The van der Waals surface area contributed by atoms with Gasteiger partial charge in [0.05, 0.1) is 35.9 Å². The van der Waals surface area contributed by atoms with Crippen molar-refractivity contribution in [2.75, 3.05) is 55.2 Å². The largest absolute Gasteiger partial charge is 0.378 e. The summed E-state index contributed by atoms with van der Waals surface area (Å²) in [5, 5.41) is 11.7. The van der Waals surface area contributed by atoms with Crippen molar-refractivity contribution in [3.05, 3.63) is 64.9 Å². The van der Waals surface area contributed by atoms with Crippen LogP contribution in [0.4, 0.5) is 17.1 Å². The normalized spacial score (nSPS) is 14.9. The lowest BCUT2D eigenvalue weighted by Gasteiger charge is -2.32. The van der Waals surface area contributed by atoms with E-state index >= 15 is 0 Å². The van der Waals surface area contributed by atoms with Gasteiger partial charge >= 0.3 is 0 Å². The van der Waals surface area contributed by atoms with E-state index in [0.29, 0.717) is 41.1 Å². The van der Waals surface area contributed by atoms with Gasteiger partial charge in [-0.2, -0.15) is 10.1 Å². The van der Waals surface area contributed by atoms with Crippen molar-refractivity contribution in [3.63, 3.8) is 0 Å². The molecule has 0 unspecified atom stereocenters. The Balaban J connectivity index is 1.52. The van der Waals surface area contributed by atoms with Crippen LogP contribution in [-0.2, 0) is 16.3 Å². The number of aromatic nitrogens is 4. The number of aliphatic imine (C=N–C) groups is 2. The number of guanidine groups is 1. The molecule has 0 aliphatic carbocycles. The number of allylic oxidation sites excluding steroid dienone is 1. The van der Waals surface area contributed by atoms with E-state index < -0.39 is 7.14 Å². The van der Waals surface area contributed by atoms with Gasteiger partial charge in [0.25, 0.3) is 0 Å². The van der Waals surface area contributed by atoms with Crippen molar-refractivity contribution in [2.45, 2.75) is 13.8 Å². The van der Waals surface area contributed by atoms with E-state index in [9.17, 15) is 4.57 Å². The third-order valence-corrected chi connectivity index (χ3v) is 8.90. The monoisotopic (exact) mass is 663 g/mol. The zero-order chi connectivity index (χ0) is 30.7. The third kappa shape index (κ3) is 6.87. The second-order valence-electron chi connectivity index (χ2n) is 10.7. The molecule has 2 N–H and O–H groups in total. The second-order valence-corrected chi connectivity index (χ2v) is 15.0. The number of morpholine rings is 1. The minimum atomic E-state index is -2.76. The van der Waals surface area contributed by atoms with Crippen LogP contribution >= 0.6 is 23.1 Å². The lowest BCUT2D eigenvalue weighted by Crippen LogP contribution is -2.37. The highest BCUT2D eigenvalue weighted by Gasteiger charge is 2.23. The minimum absolute atomic E-state index is 0.287. The van der Waals surface area contributed by atoms with E-state index in [1.807, 2.05) is 38.5 Å². The fourth-order valence-corrected chi connectivity index (χ4v) is 6.74. The maximum atomic E-state index is 13.4. The fraction of sp³-hybridized carbons (Fsp3) is 0.300. The van der Waals surface area contributed by atoms with Crippen molar-refractivity contribution in [1.29, 1.82) is 0 Å². The van der Waals surface area contributed by atoms with E-state index in [0.717, 1.165) is 45.6 Å². The summed E-state index contributed by atoms with van der Waals surface area (Å²) in [6.45, 7) is 14.2. The first-order valence-corrected chi connectivity index (χ1v) is 17.2. The molecule has 1 fully saturated rings. The number of hydrogen-bond donors (Lipinski definition) is 2. The smallest absolute Gasteiger partial charge is 0.228 e. The molecule has 11 nitrogen and oxygen atoms in total. The first-order valence-electron chi connectivity index (χ1n) is 13.8. The number of anilines is 3. The molecule has 1 aliphatic heterocycles. The Morgan fingerprint density at radius 3 is 2.53 bits per heavy atom. The predicted molar refractivity (Wildman–Crippen MR) is 181 cm³/mol. The highest BCUT2D eigenvalue weighted by molar-refractivity contribution is 9.11. The molecule has 1 aliphatic rings. The summed E-state index contributed by atoms with van der Waals surface area (Å²) in [4.78, 5) is 20.2. The van der Waals surface area contributed by atoms with Gasteiger partial charge in [-0.05, 0) is 63.7 Å². The maximum absolute atomic E-state index is 13.4. The molecular formula is C30H35BrN9O2P. The highest BCUT2D eigenvalue weighted by atomic mass is 79.9. The summed E-state index contributed by atoms with van der Waals surface area (Å²) in [7, 11) is -0.851. The summed E-state index contributed by atoms with van der Waals surface area (Å²) >= 11 is 3.57. The fourth-order valence-electron chi connectivity index (χ4n) is 5.16. The summed E-state index contributed by atoms with van der Waals surface area (Å²) in [5.74, 6) is 0.761. The molecule has 13 heteroatoms. The number of nitrogens with zero attached hydrogens (tertiary/aromatic N) is 7. The van der Waals surface area contributed by atoms with Crippen LogP contribution in [0.25, 0.3) is 22.2 Å². The van der Waals surface area contributed by atoms with E-state index in [4.69, 9.17) is 9.73 Å². The third-order valence-electron chi connectivity index (χ3n) is 7.00. The molecule has 5 rings (SSSR count). The standard InChI is InChI=1S/C30H35BrN9O2P/c1-19-15-22(16-23(21-17-35-39(4)18-21)27(19)40-11-13-42-14-12-40)36-30(32-3)38-29(20(2)31)37-25-8-7-24-26(34-10-9-33-24)28(25)43(5,6)41/h7-10,15-18,37H,3,11-14H2,1-2,4-6H3,(H,36,38)/b29-20+. The molecule has 224 valence electrons. The molecule has 0 amide bonds. The average Bonchev–Trinajstić information content (AvgIpc) is 3.41. The Hall–Kier alpha value is -3.86.